The van der Waals surface area contributed by atoms with Crippen LogP contribution in [0.1, 0.15) is 56.0 Å². The van der Waals surface area contributed by atoms with Gasteiger partial charge in [0.15, 0.2) is 0 Å². The second-order valence-corrected chi connectivity index (χ2v) is 10.4. The molecular formula is C26H31ClN4O2. The Morgan fingerprint density at radius 2 is 1.88 bits per heavy atom. The molecule has 174 valence electrons. The molecule has 1 aliphatic rings. The Bertz CT molecular complexity index is 1150. The predicted octanol–water partition coefficient (Wildman–Crippen LogP) is 4.78. The number of benzene rings is 1. The van der Waals surface area contributed by atoms with Crippen LogP contribution >= 0.6 is 11.6 Å². The summed E-state index contributed by atoms with van der Waals surface area (Å²) in [6.07, 6.45) is 4.21. The summed E-state index contributed by atoms with van der Waals surface area (Å²) in [7, 11) is 0. The van der Waals surface area contributed by atoms with Crippen LogP contribution in [0.2, 0.25) is 5.02 Å². The highest BCUT2D eigenvalue weighted by molar-refractivity contribution is 6.30. The molecule has 0 saturated carbocycles. The van der Waals surface area contributed by atoms with E-state index < -0.39 is 6.04 Å². The molecule has 2 amide bonds. The fourth-order valence-corrected chi connectivity index (χ4v) is 5.02. The molecule has 33 heavy (non-hydrogen) atoms. The normalized spacial score (nSPS) is 19.0. The Balaban J connectivity index is 1.49. The van der Waals surface area contributed by atoms with E-state index in [9.17, 15) is 9.59 Å². The molecule has 0 bridgehead atoms. The van der Waals surface area contributed by atoms with E-state index in [0.717, 1.165) is 17.0 Å². The summed E-state index contributed by atoms with van der Waals surface area (Å²) in [4.78, 5) is 28.5. The summed E-state index contributed by atoms with van der Waals surface area (Å²) in [5.41, 5.74) is 2.33. The topological polar surface area (TPSA) is 66.7 Å². The number of amides is 2. The molecule has 3 heterocycles. The van der Waals surface area contributed by atoms with Crippen molar-refractivity contribution in [1.82, 2.24) is 19.8 Å². The average molecular weight is 467 g/mol. The highest BCUT2D eigenvalue weighted by atomic mass is 35.5. The van der Waals surface area contributed by atoms with Gasteiger partial charge in [0.2, 0.25) is 5.91 Å². The van der Waals surface area contributed by atoms with E-state index in [0.29, 0.717) is 24.6 Å². The van der Waals surface area contributed by atoms with Crippen LogP contribution in [0.3, 0.4) is 0 Å². The van der Waals surface area contributed by atoms with Gasteiger partial charge in [-0.25, -0.2) is 4.52 Å². The minimum Gasteiger partial charge on any atom is -0.340 e. The van der Waals surface area contributed by atoms with Crippen molar-refractivity contribution in [2.75, 3.05) is 13.1 Å². The molecule has 7 heteroatoms. The SMILES string of the molecule is CC(C)[C@@H](NC(=O)c1cnn2ccccc12)C(=O)N1CC[C@H](c2ccc(Cl)cc2)C(C)(C)C1. The molecule has 0 spiro atoms. The molecule has 0 aliphatic carbocycles. The van der Waals surface area contributed by atoms with E-state index in [4.69, 9.17) is 11.6 Å². The van der Waals surface area contributed by atoms with Crippen LogP contribution in [-0.2, 0) is 4.79 Å². The summed E-state index contributed by atoms with van der Waals surface area (Å²) in [6, 6.07) is 13.0. The van der Waals surface area contributed by atoms with Crippen LogP contribution in [-0.4, -0.2) is 45.5 Å². The van der Waals surface area contributed by atoms with Crippen molar-refractivity contribution in [3.05, 3.63) is 71.0 Å². The number of halogens is 1. The number of nitrogens with one attached hydrogen (secondary N) is 1. The Kier molecular flexibility index (Phi) is 6.48. The van der Waals surface area contributed by atoms with Gasteiger partial charge in [0.1, 0.15) is 6.04 Å². The third-order valence-corrected chi connectivity index (χ3v) is 6.96. The van der Waals surface area contributed by atoms with Crippen molar-refractivity contribution in [3.8, 4) is 0 Å². The molecule has 3 aromatic rings. The molecular weight excluding hydrogens is 436 g/mol. The van der Waals surface area contributed by atoms with Crippen molar-refractivity contribution in [3.63, 3.8) is 0 Å². The molecule has 1 saturated heterocycles. The summed E-state index contributed by atoms with van der Waals surface area (Å²) < 4.78 is 1.66. The second-order valence-electron chi connectivity index (χ2n) is 9.93. The lowest BCUT2D eigenvalue weighted by atomic mass is 9.70. The quantitative estimate of drug-likeness (QED) is 0.588. The third-order valence-electron chi connectivity index (χ3n) is 6.70. The first-order valence-electron chi connectivity index (χ1n) is 11.4. The number of fused-ring (bicyclic) bond motifs is 1. The molecule has 2 atom stereocenters. The highest BCUT2D eigenvalue weighted by Crippen LogP contribution is 2.42. The van der Waals surface area contributed by atoms with Gasteiger partial charge in [-0.2, -0.15) is 5.10 Å². The first kappa shape index (κ1) is 23.3. The van der Waals surface area contributed by atoms with Crippen molar-refractivity contribution >= 4 is 28.9 Å². The summed E-state index contributed by atoms with van der Waals surface area (Å²) >= 11 is 6.07. The van der Waals surface area contributed by atoms with Crippen LogP contribution in [0, 0.1) is 11.3 Å². The number of nitrogens with zero attached hydrogens (tertiary/aromatic N) is 3. The number of hydrogen-bond acceptors (Lipinski definition) is 3. The number of hydrogen-bond donors (Lipinski definition) is 1. The van der Waals surface area contributed by atoms with E-state index in [-0.39, 0.29) is 23.1 Å². The molecule has 6 nitrogen and oxygen atoms in total. The maximum absolute atomic E-state index is 13.6. The zero-order valence-corrected chi connectivity index (χ0v) is 20.3. The lowest BCUT2D eigenvalue weighted by Crippen LogP contribution is -2.55. The summed E-state index contributed by atoms with van der Waals surface area (Å²) in [6.45, 7) is 9.62. The van der Waals surface area contributed by atoms with Gasteiger partial charge < -0.3 is 10.2 Å². The number of pyridine rings is 1. The van der Waals surface area contributed by atoms with Gasteiger partial charge in [0.05, 0.1) is 17.3 Å². The molecule has 0 unspecified atom stereocenters. The van der Waals surface area contributed by atoms with E-state index in [1.807, 2.05) is 49.1 Å². The minimum atomic E-state index is -0.598. The van der Waals surface area contributed by atoms with Gasteiger partial charge in [-0.1, -0.05) is 57.5 Å². The maximum Gasteiger partial charge on any atom is 0.255 e. The van der Waals surface area contributed by atoms with Gasteiger partial charge in [0, 0.05) is 24.3 Å². The highest BCUT2D eigenvalue weighted by Gasteiger charge is 2.40. The molecule has 4 rings (SSSR count). The fraction of sp³-hybridized carbons (Fsp3) is 0.423. The van der Waals surface area contributed by atoms with Crippen molar-refractivity contribution in [2.24, 2.45) is 11.3 Å². The first-order chi connectivity index (χ1) is 15.7. The second kappa shape index (κ2) is 9.18. The Hall–Kier alpha value is -2.86. The van der Waals surface area contributed by atoms with E-state index in [2.05, 4.69) is 36.4 Å². The molecule has 1 aromatic carbocycles. The number of carbonyl (C=O) groups excluding carboxylic acids is 2. The maximum atomic E-state index is 13.6. The zero-order chi connectivity index (χ0) is 23.8. The van der Waals surface area contributed by atoms with Crippen LogP contribution in [0.5, 0.6) is 0 Å². The van der Waals surface area contributed by atoms with Gasteiger partial charge in [-0.3, -0.25) is 9.59 Å². The lowest BCUT2D eigenvalue weighted by molar-refractivity contribution is -0.137. The molecule has 1 N–H and O–H groups in total. The number of aromatic nitrogens is 2. The number of carbonyl (C=O) groups is 2. The van der Waals surface area contributed by atoms with Gasteiger partial charge in [0.25, 0.3) is 5.91 Å². The third kappa shape index (κ3) is 4.76. The number of piperidine rings is 1. The van der Waals surface area contributed by atoms with Crippen molar-refractivity contribution in [1.29, 1.82) is 0 Å². The number of likely N-dealkylation sites (tertiary alicyclic amines) is 1. The molecule has 2 aromatic heterocycles. The zero-order valence-electron chi connectivity index (χ0n) is 19.6. The molecule has 1 aliphatic heterocycles. The first-order valence-corrected chi connectivity index (χ1v) is 11.8. The summed E-state index contributed by atoms with van der Waals surface area (Å²) in [5, 5.41) is 7.95. The van der Waals surface area contributed by atoms with Gasteiger partial charge >= 0.3 is 0 Å². The smallest absolute Gasteiger partial charge is 0.255 e. The minimum absolute atomic E-state index is 0.0301. The predicted molar refractivity (Wildman–Crippen MR) is 130 cm³/mol. The van der Waals surface area contributed by atoms with Crippen molar-refractivity contribution < 1.29 is 9.59 Å². The monoisotopic (exact) mass is 466 g/mol. The fourth-order valence-electron chi connectivity index (χ4n) is 4.90. The van der Waals surface area contributed by atoms with Crippen LogP contribution in [0.4, 0.5) is 0 Å². The standard InChI is InChI=1S/C26H31ClN4O2/c1-17(2)23(29-24(32)20-15-28-31-13-6-5-7-22(20)31)25(33)30-14-12-21(26(3,4)16-30)18-8-10-19(27)11-9-18/h5-11,13,15,17,21,23H,12,14,16H2,1-4H3,(H,29,32)/t21-,23-/m1/s1. The van der Waals surface area contributed by atoms with E-state index in [1.165, 1.54) is 5.56 Å². The lowest BCUT2D eigenvalue weighted by Gasteiger charge is -2.45. The number of rotatable bonds is 5. The Labute approximate surface area is 199 Å². The van der Waals surface area contributed by atoms with E-state index >= 15 is 0 Å². The average Bonchev–Trinajstić information content (AvgIpc) is 3.21. The molecule has 1 fully saturated rings. The van der Waals surface area contributed by atoms with Crippen LogP contribution < -0.4 is 5.32 Å². The van der Waals surface area contributed by atoms with Crippen LogP contribution in [0.15, 0.2) is 54.9 Å². The van der Waals surface area contributed by atoms with E-state index in [1.54, 1.807) is 16.9 Å². The Morgan fingerprint density at radius 1 is 1.15 bits per heavy atom. The van der Waals surface area contributed by atoms with Gasteiger partial charge in [-0.15, -0.1) is 0 Å². The Morgan fingerprint density at radius 3 is 2.55 bits per heavy atom. The van der Waals surface area contributed by atoms with Gasteiger partial charge in [-0.05, 0) is 53.5 Å². The molecule has 0 radical (unpaired) electrons. The largest absolute Gasteiger partial charge is 0.340 e. The summed E-state index contributed by atoms with van der Waals surface area (Å²) in [5.74, 6) is -0.0129. The van der Waals surface area contributed by atoms with Crippen molar-refractivity contribution in [2.45, 2.75) is 46.1 Å². The van der Waals surface area contributed by atoms with Crippen LogP contribution in [0.25, 0.3) is 5.52 Å².